The third-order valence-electron chi connectivity index (χ3n) is 4.31. The molecule has 0 unspecified atom stereocenters. The Morgan fingerprint density at radius 3 is 2.40 bits per heavy atom. The lowest BCUT2D eigenvalue weighted by Crippen LogP contribution is -2.62. The largest absolute Gasteiger partial charge is 0.493 e. The summed E-state index contributed by atoms with van der Waals surface area (Å²) in [6.45, 7) is 11.1. The number of methoxy groups -OCH3 is 1. The fraction of sp³-hybridized carbons (Fsp3) is 0.632. The van der Waals surface area contributed by atoms with Crippen molar-refractivity contribution in [1.29, 1.82) is 0 Å². The van der Waals surface area contributed by atoms with E-state index in [1.165, 1.54) is 0 Å². The van der Waals surface area contributed by atoms with Gasteiger partial charge in [0.05, 0.1) is 18.2 Å². The highest BCUT2D eigenvalue weighted by atomic mass is 79.9. The molecule has 1 amide bonds. The van der Waals surface area contributed by atoms with Gasteiger partial charge in [-0.15, -0.1) is 0 Å². The van der Waals surface area contributed by atoms with Gasteiger partial charge in [0.15, 0.2) is 11.5 Å². The summed E-state index contributed by atoms with van der Waals surface area (Å²) >= 11 is 3.47. The lowest BCUT2D eigenvalue weighted by Gasteiger charge is -2.46. The van der Waals surface area contributed by atoms with E-state index >= 15 is 0 Å². The van der Waals surface area contributed by atoms with Crippen LogP contribution in [0, 0.1) is 0 Å². The van der Waals surface area contributed by atoms with Crippen LogP contribution in [0.3, 0.4) is 0 Å². The SMILES string of the molecule is CCOc1c(Br)cc(C(=O)NC2CC(C)(C)NC(C)(C)C2)cc1OC. The maximum atomic E-state index is 12.8. The molecule has 0 saturated carbocycles. The first kappa shape index (κ1) is 20.0. The summed E-state index contributed by atoms with van der Waals surface area (Å²) in [4.78, 5) is 12.8. The van der Waals surface area contributed by atoms with E-state index in [1.807, 2.05) is 6.92 Å². The van der Waals surface area contributed by atoms with Gasteiger partial charge in [0.25, 0.3) is 5.91 Å². The van der Waals surface area contributed by atoms with Crippen molar-refractivity contribution < 1.29 is 14.3 Å². The van der Waals surface area contributed by atoms with E-state index in [0.717, 1.165) is 12.8 Å². The predicted molar refractivity (Wildman–Crippen MR) is 104 cm³/mol. The highest BCUT2D eigenvalue weighted by Crippen LogP contribution is 2.37. The number of carbonyl (C=O) groups excluding carboxylic acids is 1. The zero-order valence-electron chi connectivity index (χ0n) is 16.0. The standard InChI is InChI=1S/C19H29BrN2O3/c1-7-25-16-14(20)8-12(9-15(16)24-6)17(23)21-13-10-18(2,3)22-19(4,5)11-13/h8-9,13,22H,7,10-11H2,1-6H3,(H,21,23). The number of hydrogen-bond acceptors (Lipinski definition) is 4. The first-order chi connectivity index (χ1) is 11.6. The molecule has 0 bridgehead atoms. The van der Waals surface area contributed by atoms with Crippen molar-refractivity contribution in [3.63, 3.8) is 0 Å². The Kier molecular flexibility index (Phi) is 6.05. The molecule has 140 valence electrons. The first-order valence-corrected chi connectivity index (χ1v) is 9.47. The highest BCUT2D eigenvalue weighted by molar-refractivity contribution is 9.10. The molecule has 2 rings (SSSR count). The summed E-state index contributed by atoms with van der Waals surface area (Å²) < 4.78 is 11.7. The number of halogens is 1. The molecule has 0 aliphatic carbocycles. The van der Waals surface area contributed by atoms with Crippen LogP contribution in [-0.2, 0) is 0 Å². The molecule has 0 aromatic heterocycles. The molecule has 1 aliphatic rings. The molecule has 0 spiro atoms. The molecule has 6 heteroatoms. The normalized spacial score (nSPS) is 19.3. The maximum Gasteiger partial charge on any atom is 0.251 e. The monoisotopic (exact) mass is 412 g/mol. The minimum Gasteiger partial charge on any atom is -0.493 e. The van der Waals surface area contributed by atoms with E-state index in [4.69, 9.17) is 9.47 Å². The van der Waals surface area contributed by atoms with Crippen LogP contribution in [-0.4, -0.2) is 36.7 Å². The average Bonchev–Trinajstić information content (AvgIpc) is 2.45. The Labute approximate surface area is 159 Å². The second kappa shape index (κ2) is 7.54. The molecule has 1 saturated heterocycles. The van der Waals surface area contributed by atoms with Crippen molar-refractivity contribution in [2.24, 2.45) is 0 Å². The van der Waals surface area contributed by atoms with E-state index in [2.05, 4.69) is 54.3 Å². The number of amides is 1. The van der Waals surface area contributed by atoms with Gasteiger partial charge in [-0.3, -0.25) is 4.79 Å². The summed E-state index contributed by atoms with van der Waals surface area (Å²) in [6.07, 6.45) is 1.77. The van der Waals surface area contributed by atoms with Gasteiger partial charge in [0, 0.05) is 22.7 Å². The van der Waals surface area contributed by atoms with Crippen molar-refractivity contribution in [3.8, 4) is 11.5 Å². The van der Waals surface area contributed by atoms with Gasteiger partial charge in [-0.1, -0.05) is 0 Å². The highest BCUT2D eigenvalue weighted by Gasteiger charge is 2.38. The van der Waals surface area contributed by atoms with Crippen LogP contribution in [0.4, 0.5) is 0 Å². The van der Waals surface area contributed by atoms with Crippen molar-refractivity contribution in [1.82, 2.24) is 10.6 Å². The van der Waals surface area contributed by atoms with Gasteiger partial charge in [-0.25, -0.2) is 0 Å². The van der Waals surface area contributed by atoms with Crippen LogP contribution < -0.4 is 20.1 Å². The second-order valence-electron chi connectivity index (χ2n) is 7.89. The van der Waals surface area contributed by atoms with Gasteiger partial charge < -0.3 is 20.1 Å². The summed E-state index contributed by atoms with van der Waals surface area (Å²) in [5, 5.41) is 6.81. The lowest BCUT2D eigenvalue weighted by molar-refractivity contribution is 0.0872. The van der Waals surface area contributed by atoms with Crippen LogP contribution in [0.1, 0.15) is 57.8 Å². The van der Waals surface area contributed by atoms with E-state index in [1.54, 1.807) is 19.2 Å². The Hall–Kier alpha value is -1.27. The fourth-order valence-corrected chi connectivity index (χ4v) is 4.38. The molecule has 25 heavy (non-hydrogen) atoms. The van der Waals surface area contributed by atoms with Crippen molar-refractivity contribution >= 4 is 21.8 Å². The summed E-state index contributed by atoms with van der Waals surface area (Å²) in [5.74, 6) is 1.07. The molecular formula is C19H29BrN2O3. The zero-order valence-corrected chi connectivity index (χ0v) is 17.5. The summed E-state index contributed by atoms with van der Waals surface area (Å²) in [5.41, 5.74) is 0.523. The molecule has 1 aromatic carbocycles. The Morgan fingerprint density at radius 2 is 1.88 bits per heavy atom. The Morgan fingerprint density at radius 1 is 1.28 bits per heavy atom. The van der Waals surface area contributed by atoms with Crippen LogP contribution in [0.2, 0.25) is 0 Å². The molecule has 1 aromatic rings. The number of hydrogen-bond donors (Lipinski definition) is 2. The van der Waals surface area contributed by atoms with Gasteiger partial charge in [-0.2, -0.15) is 0 Å². The molecule has 5 nitrogen and oxygen atoms in total. The van der Waals surface area contributed by atoms with E-state index in [9.17, 15) is 4.79 Å². The number of rotatable bonds is 5. The molecular weight excluding hydrogens is 384 g/mol. The molecule has 1 aliphatic heterocycles. The summed E-state index contributed by atoms with van der Waals surface area (Å²) in [6, 6.07) is 3.62. The second-order valence-corrected chi connectivity index (χ2v) is 8.75. The predicted octanol–water partition coefficient (Wildman–Crippen LogP) is 3.90. The maximum absolute atomic E-state index is 12.8. The van der Waals surface area contributed by atoms with Crippen molar-refractivity contribution in [2.75, 3.05) is 13.7 Å². The number of benzene rings is 1. The first-order valence-electron chi connectivity index (χ1n) is 8.67. The Bertz CT molecular complexity index is 628. The van der Waals surface area contributed by atoms with Gasteiger partial charge in [-0.05, 0) is 75.5 Å². The minimum absolute atomic E-state index is 0.0171. The number of nitrogens with one attached hydrogen (secondary N) is 2. The fourth-order valence-electron chi connectivity index (χ4n) is 3.83. The smallest absolute Gasteiger partial charge is 0.251 e. The molecule has 0 radical (unpaired) electrons. The topological polar surface area (TPSA) is 59.6 Å². The molecule has 1 heterocycles. The van der Waals surface area contributed by atoms with Crippen molar-refractivity contribution in [2.45, 2.75) is 64.6 Å². The quantitative estimate of drug-likeness (QED) is 0.769. The number of ether oxygens (including phenoxy) is 2. The lowest BCUT2D eigenvalue weighted by atomic mass is 9.79. The number of carbonyl (C=O) groups is 1. The third kappa shape index (κ3) is 5.11. The van der Waals surface area contributed by atoms with Crippen LogP contribution in [0.25, 0.3) is 0 Å². The average molecular weight is 413 g/mol. The minimum atomic E-state index is -0.0967. The van der Waals surface area contributed by atoms with E-state index in [0.29, 0.717) is 28.1 Å². The molecule has 1 fully saturated rings. The van der Waals surface area contributed by atoms with Gasteiger partial charge in [0.1, 0.15) is 0 Å². The van der Waals surface area contributed by atoms with Crippen LogP contribution in [0.5, 0.6) is 11.5 Å². The molecule has 2 N–H and O–H groups in total. The Balaban J connectivity index is 2.19. The van der Waals surface area contributed by atoms with Gasteiger partial charge in [0.2, 0.25) is 0 Å². The molecule has 0 atom stereocenters. The zero-order chi connectivity index (χ0) is 18.8. The van der Waals surface area contributed by atoms with Crippen molar-refractivity contribution in [3.05, 3.63) is 22.2 Å². The van der Waals surface area contributed by atoms with E-state index < -0.39 is 0 Å². The van der Waals surface area contributed by atoms with Gasteiger partial charge >= 0.3 is 0 Å². The van der Waals surface area contributed by atoms with Crippen LogP contribution >= 0.6 is 15.9 Å². The third-order valence-corrected chi connectivity index (χ3v) is 4.89. The number of piperidine rings is 1. The van der Waals surface area contributed by atoms with E-state index in [-0.39, 0.29) is 23.0 Å². The summed E-state index contributed by atoms with van der Waals surface area (Å²) in [7, 11) is 1.57. The van der Waals surface area contributed by atoms with Crippen LogP contribution in [0.15, 0.2) is 16.6 Å².